The third-order valence-electron chi connectivity index (χ3n) is 5.19. The van der Waals surface area contributed by atoms with Crippen molar-refractivity contribution in [2.75, 3.05) is 19.0 Å². The fourth-order valence-corrected chi connectivity index (χ4v) is 3.91. The van der Waals surface area contributed by atoms with Crippen LogP contribution in [0.4, 0.5) is 5.69 Å². The molecule has 4 rings (SSSR count). The summed E-state index contributed by atoms with van der Waals surface area (Å²) in [6, 6.07) is 17.3. The quantitative estimate of drug-likeness (QED) is 0.291. The number of aromatic nitrogens is 2. The summed E-state index contributed by atoms with van der Waals surface area (Å²) in [6.07, 6.45) is 2.08. The zero-order valence-corrected chi connectivity index (χ0v) is 21.8. The van der Waals surface area contributed by atoms with Crippen LogP contribution >= 0.6 is 27.5 Å². The van der Waals surface area contributed by atoms with Crippen LogP contribution in [0.15, 0.2) is 75.0 Å². The lowest BCUT2D eigenvalue weighted by atomic mass is 10.2. The summed E-state index contributed by atoms with van der Waals surface area (Å²) in [6.45, 7) is 1.71. The second-order valence-corrected chi connectivity index (χ2v) is 9.01. The molecule has 10 heteroatoms. The van der Waals surface area contributed by atoms with Gasteiger partial charge in [-0.3, -0.25) is 9.59 Å². The van der Waals surface area contributed by atoms with Gasteiger partial charge in [-0.1, -0.05) is 34.5 Å². The van der Waals surface area contributed by atoms with Gasteiger partial charge in [-0.05, 0) is 66.2 Å². The fraction of sp³-hybridized carbons (Fsp3) is 0.154. The number of benzene rings is 3. The number of halogens is 2. The topological polar surface area (TPSA) is 94.8 Å². The van der Waals surface area contributed by atoms with Gasteiger partial charge in [0.25, 0.3) is 11.5 Å². The first kappa shape index (κ1) is 25.4. The fourth-order valence-electron chi connectivity index (χ4n) is 3.42. The molecule has 0 saturated carbocycles. The second kappa shape index (κ2) is 11.4. The molecule has 0 atom stereocenters. The Morgan fingerprint density at radius 3 is 2.64 bits per heavy atom. The third kappa shape index (κ3) is 5.92. The number of rotatable bonds is 8. The SMILES string of the molecule is CCc1nc2ccc(Br)cc2c(=O)n1N=Cc1ccc(OCC(=O)Nc2ccc(Cl)cc2)c(OC)c1. The van der Waals surface area contributed by atoms with Crippen molar-refractivity contribution in [2.24, 2.45) is 5.10 Å². The van der Waals surface area contributed by atoms with E-state index in [2.05, 4.69) is 31.3 Å². The highest BCUT2D eigenvalue weighted by molar-refractivity contribution is 9.10. The molecule has 0 spiro atoms. The molecule has 8 nitrogen and oxygen atoms in total. The van der Waals surface area contributed by atoms with Crippen molar-refractivity contribution < 1.29 is 14.3 Å². The first-order chi connectivity index (χ1) is 17.4. The van der Waals surface area contributed by atoms with E-state index in [1.807, 2.05) is 13.0 Å². The number of hydrogen-bond donors (Lipinski definition) is 1. The first-order valence-electron chi connectivity index (χ1n) is 11.0. The molecule has 0 aliphatic heterocycles. The Bertz CT molecular complexity index is 1500. The van der Waals surface area contributed by atoms with Gasteiger partial charge in [-0.25, -0.2) is 4.98 Å². The van der Waals surface area contributed by atoms with Crippen LogP contribution in [0.25, 0.3) is 10.9 Å². The van der Waals surface area contributed by atoms with E-state index in [-0.39, 0.29) is 18.1 Å². The molecule has 1 N–H and O–H groups in total. The molecule has 3 aromatic carbocycles. The summed E-state index contributed by atoms with van der Waals surface area (Å²) in [5, 5.41) is 8.17. The van der Waals surface area contributed by atoms with Gasteiger partial charge >= 0.3 is 0 Å². The lowest BCUT2D eigenvalue weighted by Gasteiger charge is -2.12. The van der Waals surface area contributed by atoms with Gasteiger partial charge in [0.05, 0.1) is 24.2 Å². The molecule has 1 aromatic heterocycles. The Labute approximate surface area is 220 Å². The predicted molar refractivity (Wildman–Crippen MR) is 145 cm³/mol. The van der Waals surface area contributed by atoms with Crippen molar-refractivity contribution in [1.29, 1.82) is 0 Å². The highest BCUT2D eigenvalue weighted by Crippen LogP contribution is 2.27. The molecule has 0 aliphatic carbocycles. The number of anilines is 1. The summed E-state index contributed by atoms with van der Waals surface area (Å²) in [4.78, 5) is 29.9. The summed E-state index contributed by atoms with van der Waals surface area (Å²) in [5.74, 6) is 1.03. The summed E-state index contributed by atoms with van der Waals surface area (Å²) in [7, 11) is 1.50. The number of amides is 1. The summed E-state index contributed by atoms with van der Waals surface area (Å²) >= 11 is 9.26. The van der Waals surface area contributed by atoms with Crippen LogP contribution in [0.1, 0.15) is 18.3 Å². The van der Waals surface area contributed by atoms with E-state index in [0.29, 0.717) is 50.9 Å². The van der Waals surface area contributed by atoms with Crippen LogP contribution in [0.3, 0.4) is 0 Å². The Balaban J connectivity index is 1.51. The molecule has 4 aromatic rings. The van der Waals surface area contributed by atoms with Crippen molar-refractivity contribution in [3.05, 3.63) is 91.9 Å². The number of carbonyl (C=O) groups is 1. The van der Waals surface area contributed by atoms with Crippen LogP contribution < -0.4 is 20.3 Å². The molecular formula is C26H22BrClN4O4. The number of hydrogen-bond acceptors (Lipinski definition) is 6. The molecular weight excluding hydrogens is 548 g/mol. The molecule has 184 valence electrons. The third-order valence-corrected chi connectivity index (χ3v) is 5.93. The maximum absolute atomic E-state index is 13.1. The first-order valence-corrected chi connectivity index (χ1v) is 12.2. The van der Waals surface area contributed by atoms with Gasteiger partial charge in [0.1, 0.15) is 5.82 Å². The molecule has 1 amide bonds. The highest BCUT2D eigenvalue weighted by atomic mass is 79.9. The van der Waals surface area contributed by atoms with Gasteiger partial charge in [0.15, 0.2) is 18.1 Å². The van der Waals surface area contributed by atoms with Crippen molar-refractivity contribution in [1.82, 2.24) is 9.66 Å². The van der Waals surface area contributed by atoms with Crippen LogP contribution in [-0.2, 0) is 11.2 Å². The van der Waals surface area contributed by atoms with Crippen LogP contribution in [0, 0.1) is 0 Å². The Kier molecular flexibility index (Phi) is 8.02. The second-order valence-electron chi connectivity index (χ2n) is 7.66. The van der Waals surface area contributed by atoms with Gasteiger partial charge in [0, 0.05) is 21.6 Å². The maximum Gasteiger partial charge on any atom is 0.282 e. The van der Waals surface area contributed by atoms with E-state index in [1.165, 1.54) is 11.8 Å². The number of aryl methyl sites for hydroxylation is 1. The van der Waals surface area contributed by atoms with E-state index in [9.17, 15) is 9.59 Å². The van der Waals surface area contributed by atoms with Crippen molar-refractivity contribution >= 4 is 56.2 Å². The van der Waals surface area contributed by atoms with E-state index in [1.54, 1.807) is 60.8 Å². The van der Waals surface area contributed by atoms with Gasteiger partial charge in [-0.2, -0.15) is 9.78 Å². The van der Waals surface area contributed by atoms with Gasteiger partial charge in [0.2, 0.25) is 0 Å². The Morgan fingerprint density at radius 1 is 1.14 bits per heavy atom. The maximum atomic E-state index is 13.1. The minimum absolute atomic E-state index is 0.208. The summed E-state index contributed by atoms with van der Waals surface area (Å²) < 4.78 is 13.1. The molecule has 0 fully saturated rings. The van der Waals surface area contributed by atoms with Crippen LogP contribution in [-0.4, -0.2) is 35.5 Å². The van der Waals surface area contributed by atoms with E-state index < -0.39 is 0 Å². The van der Waals surface area contributed by atoms with Crippen molar-refractivity contribution in [3.63, 3.8) is 0 Å². The van der Waals surface area contributed by atoms with Gasteiger partial charge in [-0.15, -0.1) is 0 Å². The Hall–Kier alpha value is -3.69. The molecule has 0 saturated heterocycles. The number of nitrogens with one attached hydrogen (secondary N) is 1. The average molecular weight is 570 g/mol. The Morgan fingerprint density at radius 2 is 1.92 bits per heavy atom. The highest BCUT2D eigenvalue weighted by Gasteiger charge is 2.11. The number of fused-ring (bicyclic) bond motifs is 1. The minimum atomic E-state index is -0.327. The molecule has 0 radical (unpaired) electrons. The van der Waals surface area contributed by atoms with Crippen LogP contribution in [0.2, 0.25) is 5.02 Å². The molecule has 0 bridgehead atoms. The normalized spacial score (nSPS) is 11.1. The van der Waals surface area contributed by atoms with E-state index in [4.69, 9.17) is 21.1 Å². The zero-order valence-electron chi connectivity index (χ0n) is 19.5. The molecule has 36 heavy (non-hydrogen) atoms. The molecule has 1 heterocycles. The van der Waals surface area contributed by atoms with Crippen molar-refractivity contribution in [2.45, 2.75) is 13.3 Å². The molecule has 0 unspecified atom stereocenters. The monoisotopic (exact) mass is 568 g/mol. The van der Waals surface area contributed by atoms with Crippen LogP contribution in [0.5, 0.6) is 11.5 Å². The smallest absolute Gasteiger partial charge is 0.282 e. The van der Waals surface area contributed by atoms with Crippen molar-refractivity contribution in [3.8, 4) is 11.5 Å². The van der Waals surface area contributed by atoms with Gasteiger partial charge < -0.3 is 14.8 Å². The zero-order chi connectivity index (χ0) is 25.7. The lowest BCUT2D eigenvalue weighted by Crippen LogP contribution is -2.22. The number of nitrogens with zero attached hydrogens (tertiary/aromatic N) is 3. The largest absolute Gasteiger partial charge is 0.493 e. The lowest BCUT2D eigenvalue weighted by molar-refractivity contribution is -0.118. The average Bonchev–Trinajstić information content (AvgIpc) is 2.88. The molecule has 0 aliphatic rings. The standard InChI is InChI=1S/C26H22BrClN4O4/c1-3-24-31-21-10-5-17(27)13-20(21)26(34)32(24)29-14-16-4-11-22(23(12-16)35-2)36-15-25(33)30-19-8-6-18(28)7-9-19/h4-14H,3,15H2,1-2H3,(H,30,33). The minimum Gasteiger partial charge on any atom is -0.493 e. The van der Waals surface area contributed by atoms with E-state index in [0.717, 1.165) is 4.47 Å². The number of carbonyl (C=O) groups excluding carboxylic acids is 1. The predicted octanol–water partition coefficient (Wildman–Crippen LogP) is 5.28. The number of ether oxygens (including phenoxy) is 2. The summed E-state index contributed by atoms with van der Waals surface area (Å²) in [5.41, 5.74) is 1.65. The number of methoxy groups -OCH3 is 1. The van der Waals surface area contributed by atoms with E-state index >= 15 is 0 Å².